The predicted molar refractivity (Wildman–Crippen MR) is 84.0 cm³/mol. The van der Waals surface area contributed by atoms with Crippen LogP contribution in [0.5, 0.6) is 0 Å². The maximum atomic E-state index is 12.4. The van der Waals surface area contributed by atoms with Gasteiger partial charge in [-0.25, -0.2) is 0 Å². The normalized spacial score (nSPS) is 12.7. The van der Waals surface area contributed by atoms with Crippen molar-refractivity contribution in [3.63, 3.8) is 0 Å². The smallest absolute Gasteiger partial charge is 0.178 e. The third kappa shape index (κ3) is 5.06. The molecular weight excluding hydrogens is 297 g/mol. The highest BCUT2D eigenvalue weighted by molar-refractivity contribution is 6.36. The van der Waals surface area contributed by atoms with Gasteiger partial charge in [0, 0.05) is 30.3 Å². The fourth-order valence-corrected chi connectivity index (χ4v) is 2.42. The second-order valence-electron chi connectivity index (χ2n) is 4.77. The van der Waals surface area contributed by atoms with E-state index in [-0.39, 0.29) is 5.78 Å². The third-order valence-corrected chi connectivity index (χ3v) is 3.92. The van der Waals surface area contributed by atoms with Gasteiger partial charge in [0.2, 0.25) is 0 Å². The number of carbonyl (C=O) groups excluding carboxylic acids is 1. The summed E-state index contributed by atoms with van der Waals surface area (Å²) in [5, 5.41) is 0.933. The molecule has 0 amide bonds. The van der Waals surface area contributed by atoms with Crippen LogP contribution < -0.4 is 0 Å². The number of Topliss-reactive ketones (excluding diaryl/α,β-unsaturated/α-hetero) is 1. The zero-order valence-corrected chi connectivity index (χ0v) is 13.7. The molecule has 0 saturated carbocycles. The number of ketones is 1. The van der Waals surface area contributed by atoms with Crippen LogP contribution in [0, 0.1) is 0 Å². The van der Waals surface area contributed by atoms with E-state index in [4.69, 9.17) is 27.9 Å². The van der Waals surface area contributed by atoms with Crippen molar-refractivity contribution in [2.24, 2.45) is 0 Å². The summed E-state index contributed by atoms with van der Waals surface area (Å²) in [6, 6.07) is 5.28. The molecule has 0 heterocycles. The average molecular weight is 318 g/mol. The SMILES string of the molecule is CCC(C)N(CCOC)CC(=O)c1ccc(Cl)cc1Cl. The number of methoxy groups -OCH3 is 1. The number of benzene rings is 1. The quantitative estimate of drug-likeness (QED) is 0.680. The van der Waals surface area contributed by atoms with Crippen molar-refractivity contribution in [2.45, 2.75) is 26.3 Å². The maximum Gasteiger partial charge on any atom is 0.178 e. The fraction of sp³-hybridized carbons (Fsp3) is 0.533. The fourth-order valence-electron chi connectivity index (χ4n) is 1.91. The van der Waals surface area contributed by atoms with E-state index in [1.165, 1.54) is 0 Å². The molecule has 1 unspecified atom stereocenters. The van der Waals surface area contributed by atoms with Crippen molar-refractivity contribution < 1.29 is 9.53 Å². The number of hydrogen-bond donors (Lipinski definition) is 0. The van der Waals surface area contributed by atoms with Gasteiger partial charge >= 0.3 is 0 Å². The van der Waals surface area contributed by atoms with Crippen LogP contribution >= 0.6 is 23.2 Å². The summed E-state index contributed by atoms with van der Waals surface area (Å²) in [5.41, 5.74) is 0.516. The van der Waals surface area contributed by atoms with Crippen molar-refractivity contribution >= 4 is 29.0 Å². The molecule has 20 heavy (non-hydrogen) atoms. The molecule has 0 N–H and O–H groups in total. The van der Waals surface area contributed by atoms with E-state index in [1.54, 1.807) is 25.3 Å². The first kappa shape index (κ1) is 17.4. The van der Waals surface area contributed by atoms with Gasteiger partial charge in [0.05, 0.1) is 18.2 Å². The number of ether oxygens (including phenoxy) is 1. The Hall–Kier alpha value is -0.610. The van der Waals surface area contributed by atoms with Crippen molar-refractivity contribution in [1.29, 1.82) is 0 Å². The lowest BCUT2D eigenvalue weighted by Crippen LogP contribution is -2.39. The van der Waals surface area contributed by atoms with Crippen LogP contribution in [0.1, 0.15) is 30.6 Å². The van der Waals surface area contributed by atoms with Crippen LogP contribution in [0.2, 0.25) is 10.0 Å². The lowest BCUT2D eigenvalue weighted by Gasteiger charge is -2.27. The lowest BCUT2D eigenvalue weighted by atomic mass is 10.1. The highest BCUT2D eigenvalue weighted by Gasteiger charge is 2.18. The number of nitrogens with zero attached hydrogens (tertiary/aromatic N) is 1. The minimum Gasteiger partial charge on any atom is -0.383 e. The van der Waals surface area contributed by atoms with Gasteiger partial charge in [0.15, 0.2) is 5.78 Å². The van der Waals surface area contributed by atoms with E-state index in [0.717, 1.165) is 13.0 Å². The Morgan fingerprint density at radius 3 is 2.65 bits per heavy atom. The van der Waals surface area contributed by atoms with Gasteiger partial charge in [-0.2, -0.15) is 0 Å². The molecule has 0 aliphatic rings. The molecule has 1 aromatic carbocycles. The molecule has 3 nitrogen and oxygen atoms in total. The van der Waals surface area contributed by atoms with E-state index < -0.39 is 0 Å². The zero-order chi connectivity index (χ0) is 15.1. The second kappa shape index (κ2) is 8.63. The Labute approximate surface area is 130 Å². The maximum absolute atomic E-state index is 12.4. The van der Waals surface area contributed by atoms with Crippen LogP contribution in [0.15, 0.2) is 18.2 Å². The van der Waals surface area contributed by atoms with Gasteiger partial charge in [-0.1, -0.05) is 30.1 Å². The summed E-state index contributed by atoms with van der Waals surface area (Å²) in [4.78, 5) is 14.5. The van der Waals surface area contributed by atoms with Gasteiger partial charge in [-0.3, -0.25) is 9.69 Å². The molecule has 1 rings (SSSR count). The van der Waals surface area contributed by atoms with Crippen LogP contribution in [-0.2, 0) is 4.74 Å². The standard InChI is InChI=1S/C15H21Cl2NO2/c1-4-11(2)18(7-8-20-3)10-15(19)13-6-5-12(16)9-14(13)17/h5-6,9,11H,4,7-8,10H2,1-3H3. The van der Waals surface area contributed by atoms with Gasteiger partial charge < -0.3 is 4.74 Å². The average Bonchev–Trinajstić information content (AvgIpc) is 2.42. The van der Waals surface area contributed by atoms with E-state index >= 15 is 0 Å². The molecular formula is C15H21Cl2NO2. The van der Waals surface area contributed by atoms with Crippen LogP contribution in [0.25, 0.3) is 0 Å². The number of rotatable bonds is 8. The molecule has 1 aromatic rings. The third-order valence-electron chi connectivity index (χ3n) is 3.38. The molecule has 0 saturated heterocycles. The highest BCUT2D eigenvalue weighted by atomic mass is 35.5. The zero-order valence-electron chi connectivity index (χ0n) is 12.2. The Morgan fingerprint density at radius 1 is 1.40 bits per heavy atom. The van der Waals surface area contributed by atoms with E-state index in [0.29, 0.717) is 34.8 Å². The van der Waals surface area contributed by atoms with Gasteiger partial charge in [0.25, 0.3) is 0 Å². The molecule has 0 aliphatic carbocycles. The monoisotopic (exact) mass is 317 g/mol. The largest absolute Gasteiger partial charge is 0.383 e. The van der Waals surface area contributed by atoms with Gasteiger partial charge in [0.1, 0.15) is 0 Å². The van der Waals surface area contributed by atoms with E-state index in [2.05, 4.69) is 18.7 Å². The first-order valence-corrected chi connectivity index (χ1v) is 7.46. The first-order valence-electron chi connectivity index (χ1n) is 6.70. The number of hydrogen-bond acceptors (Lipinski definition) is 3. The summed E-state index contributed by atoms with van der Waals surface area (Å²) < 4.78 is 5.10. The lowest BCUT2D eigenvalue weighted by molar-refractivity contribution is 0.0834. The van der Waals surface area contributed by atoms with E-state index in [9.17, 15) is 4.79 Å². The summed E-state index contributed by atoms with van der Waals surface area (Å²) in [5.74, 6) is 0.00284. The topological polar surface area (TPSA) is 29.5 Å². The van der Waals surface area contributed by atoms with E-state index in [1.807, 2.05) is 0 Å². The minimum atomic E-state index is 0.00284. The van der Waals surface area contributed by atoms with Crippen molar-refractivity contribution in [3.05, 3.63) is 33.8 Å². The first-order chi connectivity index (χ1) is 9.49. The molecule has 112 valence electrons. The van der Waals surface area contributed by atoms with Crippen LogP contribution in [0.4, 0.5) is 0 Å². The van der Waals surface area contributed by atoms with Gasteiger partial charge in [-0.05, 0) is 31.5 Å². The molecule has 0 fully saturated rings. The van der Waals surface area contributed by atoms with Crippen molar-refractivity contribution in [3.8, 4) is 0 Å². The predicted octanol–water partition coefficient (Wildman–Crippen LogP) is 3.92. The molecule has 0 aliphatic heterocycles. The molecule has 0 spiro atoms. The summed E-state index contributed by atoms with van der Waals surface area (Å²) >= 11 is 11.9. The molecule has 0 aromatic heterocycles. The Morgan fingerprint density at radius 2 is 2.10 bits per heavy atom. The van der Waals surface area contributed by atoms with Crippen molar-refractivity contribution in [2.75, 3.05) is 26.8 Å². The second-order valence-corrected chi connectivity index (χ2v) is 5.61. The summed E-state index contributed by atoms with van der Waals surface area (Å²) in [6.45, 7) is 5.87. The van der Waals surface area contributed by atoms with Crippen LogP contribution in [-0.4, -0.2) is 43.5 Å². The molecule has 1 atom stereocenters. The Bertz CT molecular complexity index is 451. The summed E-state index contributed by atoms with van der Waals surface area (Å²) in [6.07, 6.45) is 0.978. The van der Waals surface area contributed by atoms with Gasteiger partial charge in [-0.15, -0.1) is 0 Å². The molecule has 5 heteroatoms. The minimum absolute atomic E-state index is 0.00284. The van der Waals surface area contributed by atoms with Crippen molar-refractivity contribution in [1.82, 2.24) is 4.90 Å². The molecule has 0 bridgehead atoms. The highest BCUT2D eigenvalue weighted by Crippen LogP contribution is 2.22. The molecule has 0 radical (unpaired) electrons. The number of halogens is 2. The Balaban J connectivity index is 2.78. The summed E-state index contributed by atoms with van der Waals surface area (Å²) in [7, 11) is 1.66. The Kier molecular flexibility index (Phi) is 7.52. The van der Waals surface area contributed by atoms with Crippen LogP contribution in [0.3, 0.4) is 0 Å². The number of carbonyl (C=O) groups is 1.